The molecule has 1 aliphatic heterocycles. The van der Waals surface area contributed by atoms with E-state index in [1.165, 1.54) is 38.6 Å². The van der Waals surface area contributed by atoms with Crippen molar-refractivity contribution >= 4 is 0 Å². The molecule has 0 radical (unpaired) electrons. The molecule has 0 aromatic heterocycles. The summed E-state index contributed by atoms with van der Waals surface area (Å²) in [5.41, 5.74) is 6.40. The Morgan fingerprint density at radius 1 is 1.25 bits per heavy atom. The van der Waals surface area contributed by atoms with Crippen LogP contribution in [0.15, 0.2) is 0 Å². The molecule has 1 saturated heterocycles. The Kier molecular flexibility index (Phi) is 2.37. The van der Waals surface area contributed by atoms with Crippen LogP contribution in [-0.4, -0.2) is 19.6 Å². The van der Waals surface area contributed by atoms with Crippen LogP contribution >= 0.6 is 0 Å². The van der Waals surface area contributed by atoms with Crippen LogP contribution in [0, 0.1) is 11.3 Å². The van der Waals surface area contributed by atoms with Gasteiger partial charge in [0, 0.05) is 6.54 Å². The summed E-state index contributed by atoms with van der Waals surface area (Å²) >= 11 is 0. The molecule has 12 heavy (non-hydrogen) atoms. The molecular weight excluding hydrogens is 148 g/mol. The molecule has 0 amide bonds. The highest BCUT2D eigenvalue weighted by Gasteiger charge is 2.42. The zero-order chi connectivity index (χ0) is 8.44. The van der Waals surface area contributed by atoms with E-state index in [0.29, 0.717) is 5.41 Å². The van der Waals surface area contributed by atoms with Crippen LogP contribution in [0.5, 0.6) is 0 Å². The van der Waals surface area contributed by atoms with Crippen molar-refractivity contribution in [2.45, 2.75) is 32.1 Å². The van der Waals surface area contributed by atoms with Gasteiger partial charge in [-0.05, 0) is 37.3 Å². The molecule has 2 heteroatoms. The Hall–Kier alpha value is -0.0800. The van der Waals surface area contributed by atoms with Gasteiger partial charge in [-0.25, -0.2) is 0 Å². The van der Waals surface area contributed by atoms with E-state index >= 15 is 0 Å². The minimum absolute atomic E-state index is 0.604. The first-order chi connectivity index (χ1) is 5.87. The van der Waals surface area contributed by atoms with Gasteiger partial charge in [0.25, 0.3) is 0 Å². The fraction of sp³-hybridized carbons (Fsp3) is 1.00. The predicted molar refractivity (Wildman–Crippen MR) is 50.9 cm³/mol. The predicted octanol–water partition coefficient (Wildman–Crippen LogP) is 1.11. The minimum atomic E-state index is 0.604. The zero-order valence-corrected chi connectivity index (χ0v) is 7.81. The van der Waals surface area contributed by atoms with Gasteiger partial charge in [-0.1, -0.05) is 19.3 Å². The first-order valence-electron chi connectivity index (χ1n) is 5.28. The molecular formula is C10H20N2. The van der Waals surface area contributed by atoms with Crippen LogP contribution in [0.1, 0.15) is 32.1 Å². The molecule has 70 valence electrons. The molecule has 2 fully saturated rings. The van der Waals surface area contributed by atoms with E-state index in [1.54, 1.807) is 0 Å². The molecule has 3 N–H and O–H groups in total. The van der Waals surface area contributed by atoms with Crippen molar-refractivity contribution < 1.29 is 0 Å². The van der Waals surface area contributed by atoms with Gasteiger partial charge >= 0.3 is 0 Å². The Balaban J connectivity index is 2.05. The first kappa shape index (κ1) is 8.52. The van der Waals surface area contributed by atoms with Gasteiger partial charge in [-0.15, -0.1) is 0 Å². The van der Waals surface area contributed by atoms with E-state index in [0.717, 1.165) is 19.0 Å². The second kappa shape index (κ2) is 3.35. The molecule has 2 rings (SSSR count). The van der Waals surface area contributed by atoms with Gasteiger partial charge < -0.3 is 11.1 Å². The van der Waals surface area contributed by atoms with Crippen LogP contribution in [0.3, 0.4) is 0 Å². The van der Waals surface area contributed by atoms with Crippen LogP contribution in [0.2, 0.25) is 0 Å². The van der Waals surface area contributed by atoms with E-state index in [-0.39, 0.29) is 0 Å². The van der Waals surface area contributed by atoms with Gasteiger partial charge in [0.15, 0.2) is 0 Å². The second-order valence-corrected chi connectivity index (χ2v) is 4.49. The van der Waals surface area contributed by atoms with E-state index in [1.807, 2.05) is 0 Å². The summed E-state index contributed by atoms with van der Waals surface area (Å²) in [6.45, 7) is 3.28. The molecule has 0 aromatic carbocycles. The van der Waals surface area contributed by atoms with Crippen molar-refractivity contribution in [3.8, 4) is 0 Å². The highest BCUT2D eigenvalue weighted by Crippen LogP contribution is 2.44. The van der Waals surface area contributed by atoms with Crippen LogP contribution in [0.4, 0.5) is 0 Å². The van der Waals surface area contributed by atoms with Crippen LogP contribution in [-0.2, 0) is 0 Å². The summed E-state index contributed by atoms with van der Waals surface area (Å²) in [4.78, 5) is 0. The lowest BCUT2D eigenvalue weighted by atomic mass is 9.68. The maximum Gasteiger partial charge on any atom is 0.00116 e. The number of nitrogens with two attached hydrogens (primary N) is 1. The first-order valence-corrected chi connectivity index (χ1v) is 5.28. The lowest BCUT2D eigenvalue weighted by Crippen LogP contribution is -2.36. The molecule has 2 nitrogen and oxygen atoms in total. The highest BCUT2D eigenvalue weighted by atomic mass is 14.9. The third-order valence-corrected chi connectivity index (χ3v) is 3.87. The standard InChI is InChI=1S/C10H20N2/c11-6-9-7-12-8-10(9)4-2-1-3-5-10/h9,12H,1-8,11H2. The van der Waals surface area contributed by atoms with E-state index in [4.69, 9.17) is 5.73 Å². The van der Waals surface area contributed by atoms with E-state index in [2.05, 4.69) is 5.32 Å². The normalized spacial score (nSPS) is 34.2. The molecule has 0 aromatic rings. The molecule has 1 unspecified atom stereocenters. The summed E-state index contributed by atoms with van der Waals surface area (Å²) in [7, 11) is 0. The second-order valence-electron chi connectivity index (χ2n) is 4.49. The molecule has 1 spiro atoms. The van der Waals surface area contributed by atoms with Gasteiger partial charge in [0.05, 0.1) is 0 Å². The fourth-order valence-electron chi connectivity index (χ4n) is 3.03. The summed E-state index contributed by atoms with van der Waals surface area (Å²) in [5.74, 6) is 0.762. The topological polar surface area (TPSA) is 38.0 Å². The fourth-order valence-corrected chi connectivity index (χ4v) is 3.03. The van der Waals surface area contributed by atoms with Gasteiger partial charge in [0.1, 0.15) is 0 Å². The Bertz CT molecular complexity index is 150. The number of nitrogens with one attached hydrogen (secondary N) is 1. The third kappa shape index (κ3) is 1.27. The third-order valence-electron chi connectivity index (χ3n) is 3.87. The Labute approximate surface area is 74.9 Å². The SMILES string of the molecule is NCC1CNCC12CCCCC2. The number of rotatable bonds is 1. The van der Waals surface area contributed by atoms with Gasteiger partial charge in [-0.2, -0.15) is 0 Å². The van der Waals surface area contributed by atoms with Crippen molar-refractivity contribution in [1.82, 2.24) is 5.32 Å². The average Bonchev–Trinajstić information content (AvgIpc) is 2.49. The number of hydrogen-bond acceptors (Lipinski definition) is 2. The summed E-state index contributed by atoms with van der Waals surface area (Å²) in [6.07, 6.45) is 7.14. The summed E-state index contributed by atoms with van der Waals surface area (Å²) in [5, 5.41) is 3.50. The van der Waals surface area contributed by atoms with E-state index < -0.39 is 0 Å². The molecule has 0 bridgehead atoms. The Morgan fingerprint density at radius 3 is 2.67 bits per heavy atom. The van der Waals surface area contributed by atoms with Crippen molar-refractivity contribution in [1.29, 1.82) is 0 Å². The minimum Gasteiger partial charge on any atom is -0.330 e. The van der Waals surface area contributed by atoms with Crippen molar-refractivity contribution in [2.24, 2.45) is 17.1 Å². The summed E-state index contributed by atoms with van der Waals surface area (Å²) < 4.78 is 0. The van der Waals surface area contributed by atoms with Crippen molar-refractivity contribution in [2.75, 3.05) is 19.6 Å². The lowest BCUT2D eigenvalue weighted by molar-refractivity contribution is 0.152. The van der Waals surface area contributed by atoms with Crippen molar-refractivity contribution in [3.63, 3.8) is 0 Å². The maximum absolute atomic E-state index is 5.80. The van der Waals surface area contributed by atoms with Gasteiger partial charge in [0.2, 0.25) is 0 Å². The number of hydrogen-bond donors (Lipinski definition) is 2. The summed E-state index contributed by atoms with van der Waals surface area (Å²) in [6, 6.07) is 0. The van der Waals surface area contributed by atoms with Crippen molar-refractivity contribution in [3.05, 3.63) is 0 Å². The Morgan fingerprint density at radius 2 is 2.00 bits per heavy atom. The molecule has 2 aliphatic rings. The average molecular weight is 168 g/mol. The molecule has 1 saturated carbocycles. The largest absolute Gasteiger partial charge is 0.330 e. The smallest absolute Gasteiger partial charge is 0.00116 e. The highest BCUT2D eigenvalue weighted by molar-refractivity contribution is 4.96. The van der Waals surface area contributed by atoms with Crippen LogP contribution < -0.4 is 11.1 Å². The zero-order valence-electron chi connectivity index (χ0n) is 7.81. The molecule has 1 heterocycles. The molecule has 1 atom stereocenters. The molecule has 1 aliphatic carbocycles. The monoisotopic (exact) mass is 168 g/mol. The maximum atomic E-state index is 5.80. The van der Waals surface area contributed by atoms with Crippen LogP contribution in [0.25, 0.3) is 0 Å². The lowest BCUT2D eigenvalue weighted by Gasteiger charge is -2.37. The van der Waals surface area contributed by atoms with Gasteiger partial charge in [-0.3, -0.25) is 0 Å². The van der Waals surface area contributed by atoms with E-state index in [9.17, 15) is 0 Å². The quantitative estimate of drug-likeness (QED) is 0.615.